The van der Waals surface area contributed by atoms with Gasteiger partial charge in [0.15, 0.2) is 0 Å². The fourth-order valence-corrected chi connectivity index (χ4v) is 5.38. The summed E-state index contributed by atoms with van der Waals surface area (Å²) in [5.74, 6) is 0.0578. The van der Waals surface area contributed by atoms with Gasteiger partial charge in [-0.15, -0.1) is 0 Å². The van der Waals surface area contributed by atoms with E-state index >= 15 is 0 Å². The number of carbonyl (C=O) groups excluding carboxylic acids is 1. The molecule has 0 aromatic heterocycles. The molecule has 26 heavy (non-hydrogen) atoms. The Bertz CT molecular complexity index is 796. The minimum absolute atomic E-state index is 0.0578. The summed E-state index contributed by atoms with van der Waals surface area (Å²) in [5, 5.41) is 3.03. The van der Waals surface area contributed by atoms with Gasteiger partial charge in [0, 0.05) is 32.2 Å². The van der Waals surface area contributed by atoms with Crippen LogP contribution in [0.15, 0.2) is 23.1 Å². The summed E-state index contributed by atoms with van der Waals surface area (Å²) in [6, 6.07) is 5.72. The number of hydrogen-bond acceptors (Lipinski definition) is 4. The molecule has 4 rings (SSSR count). The van der Waals surface area contributed by atoms with Crippen LogP contribution in [-0.4, -0.2) is 61.8 Å². The first kappa shape index (κ1) is 17.9. The Morgan fingerprint density at radius 2 is 1.81 bits per heavy atom. The first-order valence-electron chi connectivity index (χ1n) is 9.61. The predicted octanol–water partition coefficient (Wildman–Crippen LogP) is 1.15. The highest BCUT2D eigenvalue weighted by atomic mass is 32.2. The van der Waals surface area contributed by atoms with Crippen molar-refractivity contribution < 1.29 is 13.2 Å². The first-order valence-corrected chi connectivity index (χ1v) is 11.1. The van der Waals surface area contributed by atoms with Gasteiger partial charge in [0.1, 0.15) is 0 Å². The number of amides is 1. The van der Waals surface area contributed by atoms with E-state index in [-0.39, 0.29) is 11.9 Å². The van der Waals surface area contributed by atoms with Crippen molar-refractivity contribution in [3.63, 3.8) is 0 Å². The Labute approximate surface area is 155 Å². The lowest BCUT2D eigenvalue weighted by molar-refractivity contribution is -0.126. The highest BCUT2D eigenvalue weighted by Crippen LogP contribution is 2.27. The van der Waals surface area contributed by atoms with Gasteiger partial charge in [-0.1, -0.05) is 6.07 Å². The molecule has 142 valence electrons. The van der Waals surface area contributed by atoms with Gasteiger partial charge in [-0.2, -0.15) is 4.31 Å². The summed E-state index contributed by atoms with van der Waals surface area (Å²) in [4.78, 5) is 14.7. The topological polar surface area (TPSA) is 69.7 Å². The molecule has 1 aromatic carbocycles. The van der Waals surface area contributed by atoms with E-state index in [0.717, 1.165) is 32.1 Å². The summed E-state index contributed by atoms with van der Waals surface area (Å²) in [6.45, 7) is 3.94. The number of hydrogen-bond donors (Lipinski definition) is 1. The van der Waals surface area contributed by atoms with Crippen LogP contribution >= 0.6 is 0 Å². The van der Waals surface area contributed by atoms with Crippen molar-refractivity contribution in [2.45, 2.75) is 56.0 Å². The van der Waals surface area contributed by atoms with Gasteiger partial charge in [-0.25, -0.2) is 8.42 Å². The minimum atomic E-state index is -3.46. The van der Waals surface area contributed by atoms with E-state index in [1.54, 1.807) is 10.4 Å². The standard InChI is InChI=1S/C19H27N3O3S/c1-14(19(23)20-17-6-7-17)21-9-11-22(12-10-21)26(24,25)18-8-5-15-3-2-4-16(15)13-18/h5,8,13-14,17H,2-4,6-7,9-12H2,1H3,(H,20,23)/t14-/m0/s1. The van der Waals surface area contributed by atoms with Gasteiger partial charge in [0.25, 0.3) is 0 Å². The number of fused-ring (bicyclic) bond motifs is 1. The molecule has 2 fully saturated rings. The molecular formula is C19H27N3O3S. The van der Waals surface area contributed by atoms with Gasteiger partial charge in [-0.05, 0) is 62.3 Å². The van der Waals surface area contributed by atoms with E-state index in [1.807, 2.05) is 19.1 Å². The van der Waals surface area contributed by atoms with Crippen molar-refractivity contribution in [3.05, 3.63) is 29.3 Å². The van der Waals surface area contributed by atoms with Crippen LogP contribution in [0.3, 0.4) is 0 Å². The number of piperazine rings is 1. The Hall–Kier alpha value is -1.44. The molecule has 1 amide bonds. The molecule has 3 aliphatic rings. The minimum Gasteiger partial charge on any atom is -0.352 e. The van der Waals surface area contributed by atoms with E-state index in [1.165, 1.54) is 11.1 Å². The zero-order valence-electron chi connectivity index (χ0n) is 15.3. The van der Waals surface area contributed by atoms with E-state index < -0.39 is 10.0 Å². The quantitative estimate of drug-likeness (QED) is 0.836. The Kier molecular flexibility index (Phi) is 4.79. The van der Waals surface area contributed by atoms with E-state index in [9.17, 15) is 13.2 Å². The normalized spacial score (nSPS) is 22.8. The van der Waals surface area contributed by atoms with Crippen molar-refractivity contribution in [3.8, 4) is 0 Å². The average Bonchev–Trinajstić information content (AvgIpc) is 3.33. The van der Waals surface area contributed by atoms with E-state index in [2.05, 4.69) is 10.2 Å². The molecule has 1 saturated carbocycles. The molecule has 6 nitrogen and oxygen atoms in total. The number of aryl methyl sites for hydroxylation is 2. The zero-order chi connectivity index (χ0) is 18.3. The fourth-order valence-electron chi connectivity index (χ4n) is 3.90. The van der Waals surface area contributed by atoms with E-state index in [0.29, 0.717) is 37.1 Å². The molecule has 0 spiro atoms. The van der Waals surface area contributed by atoms with Crippen molar-refractivity contribution in [1.82, 2.24) is 14.5 Å². The lowest BCUT2D eigenvalue weighted by Gasteiger charge is -2.36. The van der Waals surface area contributed by atoms with Crippen LogP contribution < -0.4 is 5.32 Å². The number of carbonyl (C=O) groups is 1. The third kappa shape index (κ3) is 3.52. The van der Waals surface area contributed by atoms with Crippen molar-refractivity contribution in [2.75, 3.05) is 26.2 Å². The van der Waals surface area contributed by atoms with E-state index in [4.69, 9.17) is 0 Å². The third-order valence-corrected chi connectivity index (χ3v) is 7.73. The van der Waals surface area contributed by atoms with Gasteiger partial charge in [-0.3, -0.25) is 9.69 Å². The highest BCUT2D eigenvalue weighted by Gasteiger charge is 2.33. The van der Waals surface area contributed by atoms with Crippen LogP contribution in [0.5, 0.6) is 0 Å². The maximum Gasteiger partial charge on any atom is 0.243 e. The molecule has 0 radical (unpaired) electrons. The Morgan fingerprint density at radius 1 is 1.12 bits per heavy atom. The molecule has 1 heterocycles. The van der Waals surface area contributed by atoms with Gasteiger partial charge >= 0.3 is 0 Å². The van der Waals surface area contributed by atoms with Crippen LogP contribution in [0.1, 0.15) is 37.3 Å². The average molecular weight is 378 g/mol. The molecule has 0 bridgehead atoms. The summed E-state index contributed by atoms with van der Waals surface area (Å²) >= 11 is 0. The number of nitrogens with zero attached hydrogens (tertiary/aromatic N) is 2. The summed E-state index contributed by atoms with van der Waals surface area (Å²) < 4.78 is 27.5. The molecule has 1 N–H and O–H groups in total. The van der Waals surface area contributed by atoms with Crippen molar-refractivity contribution in [1.29, 1.82) is 0 Å². The molecule has 1 aliphatic heterocycles. The lowest BCUT2D eigenvalue weighted by atomic mass is 10.1. The van der Waals surface area contributed by atoms with Gasteiger partial charge in [0.05, 0.1) is 10.9 Å². The van der Waals surface area contributed by atoms with Gasteiger partial charge in [0.2, 0.25) is 15.9 Å². The Balaban J connectivity index is 1.39. The second-order valence-electron chi connectivity index (χ2n) is 7.68. The second-order valence-corrected chi connectivity index (χ2v) is 9.62. The van der Waals surface area contributed by atoms with Crippen LogP contribution in [0.4, 0.5) is 0 Å². The summed E-state index contributed by atoms with van der Waals surface area (Å²) in [6.07, 6.45) is 5.28. The molecule has 0 unspecified atom stereocenters. The first-order chi connectivity index (χ1) is 12.4. The number of sulfonamides is 1. The summed E-state index contributed by atoms with van der Waals surface area (Å²) in [5.41, 5.74) is 2.46. The van der Waals surface area contributed by atoms with Crippen LogP contribution in [0.2, 0.25) is 0 Å². The van der Waals surface area contributed by atoms with Crippen LogP contribution in [0, 0.1) is 0 Å². The fraction of sp³-hybridized carbons (Fsp3) is 0.632. The van der Waals surface area contributed by atoms with Crippen molar-refractivity contribution >= 4 is 15.9 Å². The number of benzene rings is 1. The predicted molar refractivity (Wildman–Crippen MR) is 99.4 cm³/mol. The number of nitrogens with one attached hydrogen (secondary N) is 1. The number of rotatable bonds is 5. The molecule has 1 atom stereocenters. The van der Waals surface area contributed by atoms with Gasteiger partial charge < -0.3 is 5.32 Å². The zero-order valence-corrected chi connectivity index (χ0v) is 16.1. The summed E-state index contributed by atoms with van der Waals surface area (Å²) in [7, 11) is -3.46. The SMILES string of the molecule is C[C@@H](C(=O)NC1CC1)N1CCN(S(=O)(=O)c2ccc3c(c2)CCC3)CC1. The Morgan fingerprint density at radius 3 is 2.50 bits per heavy atom. The lowest BCUT2D eigenvalue weighted by Crippen LogP contribution is -2.55. The largest absolute Gasteiger partial charge is 0.352 e. The van der Waals surface area contributed by atoms with Crippen LogP contribution in [-0.2, 0) is 27.7 Å². The maximum absolute atomic E-state index is 13.0. The second kappa shape index (κ2) is 6.94. The molecule has 1 aromatic rings. The third-order valence-electron chi connectivity index (χ3n) is 5.83. The molecule has 2 aliphatic carbocycles. The van der Waals surface area contributed by atoms with Crippen molar-refractivity contribution in [2.24, 2.45) is 0 Å². The smallest absolute Gasteiger partial charge is 0.243 e. The molecular weight excluding hydrogens is 350 g/mol. The highest BCUT2D eigenvalue weighted by molar-refractivity contribution is 7.89. The monoisotopic (exact) mass is 377 g/mol. The maximum atomic E-state index is 13.0. The molecule has 7 heteroatoms. The molecule has 1 saturated heterocycles. The van der Waals surface area contributed by atoms with Crippen LogP contribution in [0.25, 0.3) is 0 Å².